The van der Waals surface area contributed by atoms with Crippen molar-refractivity contribution >= 4 is 16.9 Å². The minimum absolute atomic E-state index is 0.756. The molecule has 3 rings (SSSR count). The molecule has 0 unspecified atom stereocenters. The Morgan fingerprint density at radius 2 is 2.00 bits per heavy atom. The van der Waals surface area contributed by atoms with Crippen molar-refractivity contribution in [2.24, 2.45) is 4.99 Å². The zero-order valence-corrected chi connectivity index (χ0v) is 15.2. The molecule has 5 heteroatoms. The molecule has 0 amide bonds. The van der Waals surface area contributed by atoms with Gasteiger partial charge in [-0.3, -0.25) is 4.99 Å². The van der Waals surface area contributed by atoms with Crippen molar-refractivity contribution in [3.8, 4) is 0 Å². The highest BCUT2D eigenvalue weighted by molar-refractivity contribution is 5.84. The second-order valence-electron chi connectivity index (χ2n) is 6.39. The van der Waals surface area contributed by atoms with E-state index in [1.54, 1.807) is 0 Å². The van der Waals surface area contributed by atoms with E-state index in [9.17, 15) is 0 Å². The Kier molecular flexibility index (Phi) is 6.12. The van der Waals surface area contributed by atoms with Gasteiger partial charge in [-0.25, -0.2) is 0 Å². The number of guanidine groups is 1. The van der Waals surface area contributed by atoms with Crippen LogP contribution in [0.5, 0.6) is 0 Å². The molecule has 0 fully saturated rings. The van der Waals surface area contributed by atoms with Crippen molar-refractivity contribution in [3.05, 3.63) is 47.2 Å². The van der Waals surface area contributed by atoms with E-state index in [1.165, 1.54) is 27.7 Å². The van der Waals surface area contributed by atoms with Crippen LogP contribution in [0.3, 0.4) is 0 Å². The summed E-state index contributed by atoms with van der Waals surface area (Å²) < 4.78 is 5.34. The zero-order valence-electron chi connectivity index (χ0n) is 15.2. The first kappa shape index (κ1) is 17.5. The van der Waals surface area contributed by atoms with Crippen LogP contribution in [-0.2, 0) is 11.2 Å². The highest BCUT2D eigenvalue weighted by Gasteiger charge is 2.08. The Bertz CT molecular complexity index is 760. The average molecular weight is 340 g/mol. The van der Waals surface area contributed by atoms with Gasteiger partial charge in [0.1, 0.15) is 0 Å². The summed E-state index contributed by atoms with van der Waals surface area (Å²) in [5.41, 5.74) is 5.31. The van der Waals surface area contributed by atoms with Crippen molar-refractivity contribution in [2.45, 2.75) is 26.2 Å². The summed E-state index contributed by atoms with van der Waals surface area (Å²) in [4.78, 5) is 7.78. The molecule has 0 saturated carbocycles. The highest BCUT2D eigenvalue weighted by atomic mass is 16.5. The first-order chi connectivity index (χ1) is 12.3. The lowest BCUT2D eigenvalue weighted by atomic mass is 10.1. The minimum atomic E-state index is 0.756. The summed E-state index contributed by atoms with van der Waals surface area (Å²) in [7, 11) is 1.82. The van der Waals surface area contributed by atoms with Gasteiger partial charge >= 0.3 is 0 Å². The number of ether oxygens (including phenoxy) is 1. The van der Waals surface area contributed by atoms with Crippen LogP contribution in [0.4, 0.5) is 0 Å². The Balaban J connectivity index is 1.46. The molecular formula is C20H28N4O. The number of aryl methyl sites for hydroxylation is 1. The van der Waals surface area contributed by atoms with Crippen LogP contribution in [0.2, 0.25) is 0 Å². The van der Waals surface area contributed by atoms with Crippen molar-refractivity contribution in [3.63, 3.8) is 0 Å². The van der Waals surface area contributed by atoms with E-state index in [0.29, 0.717) is 0 Å². The van der Waals surface area contributed by atoms with Gasteiger partial charge in [-0.2, -0.15) is 0 Å². The van der Waals surface area contributed by atoms with Crippen LogP contribution in [0.1, 0.15) is 24.1 Å². The van der Waals surface area contributed by atoms with Crippen LogP contribution >= 0.6 is 0 Å². The number of nitrogens with one attached hydrogen (secondary N) is 3. The second kappa shape index (κ2) is 8.72. The molecular weight excluding hydrogens is 312 g/mol. The first-order valence-electron chi connectivity index (χ1n) is 9.04. The Morgan fingerprint density at radius 3 is 2.76 bits per heavy atom. The maximum Gasteiger partial charge on any atom is 0.190 e. The van der Waals surface area contributed by atoms with E-state index in [-0.39, 0.29) is 0 Å². The maximum absolute atomic E-state index is 5.34. The largest absolute Gasteiger partial charge is 0.377 e. The second-order valence-corrected chi connectivity index (χ2v) is 6.39. The van der Waals surface area contributed by atoms with E-state index in [2.05, 4.69) is 57.9 Å². The molecule has 1 aromatic heterocycles. The van der Waals surface area contributed by atoms with Crippen LogP contribution < -0.4 is 10.6 Å². The Morgan fingerprint density at radius 1 is 1.20 bits per heavy atom. The van der Waals surface area contributed by atoms with E-state index < -0.39 is 0 Å². The standard InChI is InChI=1S/C20H28N4O/c1-15-17(18-5-3-4-6-19(18)24-15)8-12-23-20(21-2)22-11-7-16-9-13-25-14-10-16/h3-6,9,24H,7-8,10-14H2,1-2H3,(H2,21,22,23). The number of H-pyrrole nitrogens is 1. The van der Waals surface area contributed by atoms with Gasteiger partial charge in [0, 0.05) is 36.7 Å². The predicted octanol–water partition coefficient (Wildman–Crippen LogP) is 2.92. The molecule has 0 radical (unpaired) electrons. The number of benzene rings is 1. The lowest BCUT2D eigenvalue weighted by Gasteiger charge is -2.15. The van der Waals surface area contributed by atoms with E-state index >= 15 is 0 Å². The highest BCUT2D eigenvalue weighted by Crippen LogP contribution is 2.21. The molecule has 3 N–H and O–H groups in total. The summed E-state index contributed by atoms with van der Waals surface area (Å²) in [5, 5.41) is 8.13. The lowest BCUT2D eigenvalue weighted by molar-refractivity contribution is 0.153. The number of aromatic nitrogens is 1. The molecule has 1 aliphatic rings. The van der Waals surface area contributed by atoms with Crippen LogP contribution in [-0.4, -0.2) is 44.3 Å². The molecule has 2 heterocycles. The number of para-hydroxylation sites is 1. The molecule has 1 aromatic carbocycles. The van der Waals surface area contributed by atoms with Gasteiger partial charge in [0.05, 0.1) is 13.2 Å². The number of aromatic amines is 1. The fraction of sp³-hybridized carbons (Fsp3) is 0.450. The number of nitrogens with zero attached hydrogens (tertiary/aromatic N) is 1. The summed E-state index contributed by atoms with van der Waals surface area (Å²) in [5.74, 6) is 0.866. The van der Waals surface area contributed by atoms with Gasteiger partial charge in [0.2, 0.25) is 0 Å². The summed E-state index contributed by atoms with van der Waals surface area (Å²) in [6.45, 7) is 5.51. The normalized spacial score (nSPS) is 15.3. The quantitative estimate of drug-likeness (QED) is 0.430. The lowest BCUT2D eigenvalue weighted by Crippen LogP contribution is -2.38. The van der Waals surface area contributed by atoms with Gasteiger partial charge in [-0.15, -0.1) is 0 Å². The number of fused-ring (bicyclic) bond motifs is 1. The van der Waals surface area contributed by atoms with Gasteiger partial charge in [0.15, 0.2) is 5.96 Å². The predicted molar refractivity (Wildman–Crippen MR) is 104 cm³/mol. The van der Waals surface area contributed by atoms with Crippen molar-refractivity contribution in [2.75, 3.05) is 33.4 Å². The van der Waals surface area contributed by atoms with Gasteiger partial charge in [0.25, 0.3) is 0 Å². The first-order valence-corrected chi connectivity index (χ1v) is 9.04. The van der Waals surface area contributed by atoms with Crippen LogP contribution in [0.15, 0.2) is 40.9 Å². The summed E-state index contributed by atoms with van der Waals surface area (Å²) in [6.07, 6.45) is 5.26. The van der Waals surface area contributed by atoms with Gasteiger partial charge < -0.3 is 20.4 Å². The molecule has 0 spiro atoms. The molecule has 134 valence electrons. The third-order valence-electron chi connectivity index (χ3n) is 4.71. The third kappa shape index (κ3) is 4.63. The summed E-state index contributed by atoms with van der Waals surface area (Å²) in [6, 6.07) is 8.48. The molecule has 0 aliphatic carbocycles. The van der Waals surface area contributed by atoms with Crippen molar-refractivity contribution < 1.29 is 4.74 Å². The molecule has 5 nitrogen and oxygen atoms in total. The smallest absolute Gasteiger partial charge is 0.190 e. The maximum atomic E-state index is 5.34. The van der Waals surface area contributed by atoms with Crippen LogP contribution in [0, 0.1) is 6.92 Å². The number of hydrogen-bond donors (Lipinski definition) is 3. The molecule has 0 saturated heterocycles. The van der Waals surface area contributed by atoms with E-state index in [4.69, 9.17) is 4.74 Å². The third-order valence-corrected chi connectivity index (χ3v) is 4.71. The average Bonchev–Trinajstić information content (AvgIpc) is 2.97. The van der Waals surface area contributed by atoms with Gasteiger partial charge in [-0.05, 0) is 37.8 Å². The number of aliphatic imine (C=N–C) groups is 1. The van der Waals surface area contributed by atoms with E-state index in [0.717, 1.165) is 51.5 Å². The monoisotopic (exact) mass is 340 g/mol. The SMILES string of the molecule is CN=C(NCCC1=CCOCC1)NCCc1c(C)[nH]c2ccccc12. The fourth-order valence-electron chi connectivity index (χ4n) is 3.32. The van der Waals surface area contributed by atoms with E-state index in [1.807, 2.05) is 7.05 Å². The molecule has 25 heavy (non-hydrogen) atoms. The van der Waals surface area contributed by atoms with Crippen molar-refractivity contribution in [1.82, 2.24) is 15.6 Å². The molecule has 0 bridgehead atoms. The fourth-order valence-corrected chi connectivity index (χ4v) is 3.32. The minimum Gasteiger partial charge on any atom is -0.377 e. The summed E-state index contributed by atoms with van der Waals surface area (Å²) >= 11 is 0. The molecule has 1 aliphatic heterocycles. The molecule has 2 aromatic rings. The van der Waals surface area contributed by atoms with Crippen molar-refractivity contribution in [1.29, 1.82) is 0 Å². The topological polar surface area (TPSA) is 61.4 Å². The molecule has 0 atom stereocenters. The zero-order chi connectivity index (χ0) is 17.5. The number of hydrogen-bond acceptors (Lipinski definition) is 2. The number of rotatable bonds is 6. The van der Waals surface area contributed by atoms with Gasteiger partial charge in [-0.1, -0.05) is 29.8 Å². The van der Waals surface area contributed by atoms with Crippen LogP contribution in [0.25, 0.3) is 10.9 Å². The Hall–Kier alpha value is -2.27. The Labute approximate surface area is 149 Å².